The summed E-state index contributed by atoms with van der Waals surface area (Å²) in [4.78, 5) is 14.5. The molecular weight excluding hydrogens is 243 g/mol. The molecule has 17 heavy (non-hydrogen) atoms. The molecule has 1 aromatic carbocycles. The molecule has 2 aromatic rings. The maximum Gasteiger partial charge on any atom is 0.365 e. The number of carboxylic acid groups (broad SMARTS) is 1. The number of carboxylic acids is 1. The Bertz CT molecular complexity index is 631. The van der Waals surface area contributed by atoms with Gasteiger partial charge in [-0.3, -0.25) is 0 Å². The maximum absolute atomic E-state index is 13.1. The van der Waals surface area contributed by atoms with Crippen LogP contribution in [0.2, 0.25) is 0 Å². The molecule has 0 spiro atoms. The number of aromatic carboxylic acids is 1. The second kappa shape index (κ2) is 4.31. The fraction of sp³-hybridized carbons (Fsp3) is 0. The first-order valence-electron chi connectivity index (χ1n) is 4.50. The van der Waals surface area contributed by atoms with Crippen molar-refractivity contribution in [3.05, 3.63) is 40.0 Å². The number of hydrogen-bond acceptors (Lipinski definition) is 4. The molecule has 6 heteroatoms. The Kier molecular flexibility index (Phi) is 2.85. The molecular formula is C11H5FN2O2S. The van der Waals surface area contributed by atoms with E-state index in [9.17, 15) is 9.18 Å². The summed E-state index contributed by atoms with van der Waals surface area (Å²) in [5.74, 6) is -1.71. The number of carbonyl (C=O) groups is 1. The van der Waals surface area contributed by atoms with Gasteiger partial charge in [-0.15, -0.1) is 11.3 Å². The zero-order valence-corrected chi connectivity index (χ0v) is 9.16. The monoisotopic (exact) mass is 248 g/mol. The number of halogens is 1. The quantitative estimate of drug-likeness (QED) is 0.886. The fourth-order valence-corrected chi connectivity index (χ4v) is 1.94. The van der Waals surface area contributed by atoms with E-state index in [1.54, 1.807) is 11.4 Å². The highest BCUT2D eigenvalue weighted by Gasteiger charge is 2.11. The maximum atomic E-state index is 13.1. The Hall–Kier alpha value is -2.26. The number of nitrogens with zero attached hydrogens (tertiary/aromatic N) is 2. The summed E-state index contributed by atoms with van der Waals surface area (Å²) >= 11 is 0.983. The fourth-order valence-electron chi connectivity index (χ4n) is 1.27. The van der Waals surface area contributed by atoms with Crippen LogP contribution in [-0.2, 0) is 0 Å². The van der Waals surface area contributed by atoms with Gasteiger partial charge in [-0.05, 0) is 18.2 Å². The van der Waals surface area contributed by atoms with Crippen LogP contribution < -0.4 is 0 Å². The number of rotatable bonds is 2. The number of thiazole rings is 1. The second-order valence-corrected chi connectivity index (χ2v) is 4.01. The van der Waals surface area contributed by atoms with Crippen molar-refractivity contribution in [2.75, 3.05) is 0 Å². The van der Waals surface area contributed by atoms with Gasteiger partial charge < -0.3 is 5.11 Å². The van der Waals surface area contributed by atoms with E-state index in [4.69, 9.17) is 10.4 Å². The van der Waals surface area contributed by atoms with E-state index in [-0.39, 0.29) is 10.6 Å². The van der Waals surface area contributed by atoms with Gasteiger partial charge in [0, 0.05) is 10.9 Å². The number of hydrogen-bond donors (Lipinski definition) is 1. The number of nitriles is 1. The highest BCUT2D eigenvalue weighted by Crippen LogP contribution is 2.23. The van der Waals surface area contributed by atoms with Crippen molar-refractivity contribution < 1.29 is 14.3 Å². The molecule has 0 unspecified atom stereocenters. The van der Waals surface area contributed by atoms with Gasteiger partial charge in [-0.25, -0.2) is 14.2 Å². The Morgan fingerprint density at radius 1 is 1.53 bits per heavy atom. The Labute approximate surface area is 99.6 Å². The summed E-state index contributed by atoms with van der Waals surface area (Å²) in [6, 6.07) is 5.68. The molecule has 0 fully saturated rings. The van der Waals surface area contributed by atoms with Crippen LogP contribution in [0, 0.1) is 17.1 Å². The van der Waals surface area contributed by atoms with Gasteiger partial charge in [0.2, 0.25) is 5.01 Å². The van der Waals surface area contributed by atoms with Crippen molar-refractivity contribution in [1.29, 1.82) is 5.26 Å². The average molecular weight is 248 g/mol. The minimum Gasteiger partial charge on any atom is -0.476 e. The van der Waals surface area contributed by atoms with Gasteiger partial charge in [0.25, 0.3) is 0 Å². The van der Waals surface area contributed by atoms with Crippen LogP contribution in [0.25, 0.3) is 11.3 Å². The Balaban J connectivity index is 2.46. The summed E-state index contributed by atoms with van der Waals surface area (Å²) in [5.41, 5.74) is 0.850. The SMILES string of the molecule is N#Cc1cc(-c2csc(C(=O)O)n2)ccc1F. The van der Waals surface area contributed by atoms with Crippen molar-refractivity contribution in [2.24, 2.45) is 0 Å². The molecule has 1 aromatic heterocycles. The smallest absolute Gasteiger partial charge is 0.365 e. The molecule has 0 saturated heterocycles. The predicted octanol–water partition coefficient (Wildman–Crippen LogP) is 2.52. The molecule has 0 radical (unpaired) electrons. The molecule has 0 aliphatic rings. The van der Waals surface area contributed by atoms with Crippen LogP contribution in [0.3, 0.4) is 0 Å². The molecule has 0 aliphatic carbocycles. The van der Waals surface area contributed by atoms with Crippen LogP contribution >= 0.6 is 11.3 Å². The van der Waals surface area contributed by atoms with E-state index in [1.165, 1.54) is 12.1 Å². The Morgan fingerprint density at radius 3 is 2.88 bits per heavy atom. The van der Waals surface area contributed by atoms with Crippen LogP contribution in [0.5, 0.6) is 0 Å². The van der Waals surface area contributed by atoms with E-state index in [2.05, 4.69) is 4.98 Å². The minimum absolute atomic E-state index is 0.0390. The largest absolute Gasteiger partial charge is 0.476 e. The van der Waals surface area contributed by atoms with Crippen molar-refractivity contribution in [2.45, 2.75) is 0 Å². The zero-order chi connectivity index (χ0) is 12.4. The molecule has 2 rings (SSSR count). The van der Waals surface area contributed by atoms with Gasteiger partial charge in [0.05, 0.1) is 11.3 Å². The van der Waals surface area contributed by atoms with Crippen molar-refractivity contribution in [3.8, 4) is 17.3 Å². The summed E-state index contributed by atoms with van der Waals surface area (Å²) in [5, 5.41) is 18.9. The third-order valence-electron chi connectivity index (χ3n) is 2.07. The lowest BCUT2D eigenvalue weighted by Crippen LogP contribution is -1.94. The topological polar surface area (TPSA) is 74.0 Å². The molecule has 4 nitrogen and oxygen atoms in total. The van der Waals surface area contributed by atoms with Gasteiger partial charge in [0.15, 0.2) is 0 Å². The lowest BCUT2D eigenvalue weighted by molar-refractivity contribution is 0.0696. The third kappa shape index (κ3) is 2.14. The predicted molar refractivity (Wildman–Crippen MR) is 59.2 cm³/mol. The van der Waals surface area contributed by atoms with E-state index in [0.717, 1.165) is 17.4 Å². The van der Waals surface area contributed by atoms with E-state index < -0.39 is 11.8 Å². The van der Waals surface area contributed by atoms with E-state index >= 15 is 0 Å². The minimum atomic E-state index is -1.11. The molecule has 0 bridgehead atoms. The van der Waals surface area contributed by atoms with E-state index in [1.807, 2.05) is 0 Å². The third-order valence-corrected chi connectivity index (χ3v) is 2.90. The van der Waals surface area contributed by atoms with Gasteiger partial charge in [-0.2, -0.15) is 5.26 Å². The van der Waals surface area contributed by atoms with Crippen molar-refractivity contribution in [1.82, 2.24) is 4.98 Å². The average Bonchev–Trinajstić information content (AvgIpc) is 2.79. The standard InChI is InChI=1S/C11H5FN2O2S/c12-8-2-1-6(3-7(8)4-13)9-5-17-10(14-9)11(15)16/h1-3,5H,(H,15,16). The van der Waals surface area contributed by atoms with Gasteiger partial charge in [0.1, 0.15) is 11.9 Å². The molecule has 0 amide bonds. The highest BCUT2D eigenvalue weighted by atomic mass is 32.1. The first-order valence-corrected chi connectivity index (χ1v) is 5.38. The summed E-state index contributed by atoms with van der Waals surface area (Å²) in [7, 11) is 0. The lowest BCUT2D eigenvalue weighted by atomic mass is 10.1. The number of aromatic nitrogens is 1. The number of benzene rings is 1. The van der Waals surface area contributed by atoms with Gasteiger partial charge in [-0.1, -0.05) is 0 Å². The van der Waals surface area contributed by atoms with Crippen molar-refractivity contribution >= 4 is 17.3 Å². The summed E-state index contributed by atoms with van der Waals surface area (Å²) in [6.45, 7) is 0. The zero-order valence-electron chi connectivity index (χ0n) is 8.35. The van der Waals surface area contributed by atoms with Crippen LogP contribution in [0.4, 0.5) is 4.39 Å². The van der Waals surface area contributed by atoms with E-state index in [0.29, 0.717) is 11.3 Å². The molecule has 0 aliphatic heterocycles. The van der Waals surface area contributed by atoms with Crippen molar-refractivity contribution in [3.63, 3.8) is 0 Å². The first-order chi connectivity index (χ1) is 8.11. The molecule has 84 valence electrons. The summed E-state index contributed by atoms with van der Waals surface area (Å²) < 4.78 is 13.1. The lowest BCUT2D eigenvalue weighted by Gasteiger charge is -1.98. The highest BCUT2D eigenvalue weighted by molar-refractivity contribution is 7.11. The molecule has 1 N–H and O–H groups in total. The Morgan fingerprint density at radius 2 is 2.29 bits per heavy atom. The molecule has 1 heterocycles. The van der Waals surface area contributed by atoms with Crippen LogP contribution in [-0.4, -0.2) is 16.1 Å². The summed E-state index contributed by atoms with van der Waals surface area (Å²) in [6.07, 6.45) is 0. The second-order valence-electron chi connectivity index (χ2n) is 3.15. The van der Waals surface area contributed by atoms with Crippen LogP contribution in [0.1, 0.15) is 15.4 Å². The molecule has 0 atom stereocenters. The van der Waals surface area contributed by atoms with Crippen LogP contribution in [0.15, 0.2) is 23.6 Å². The van der Waals surface area contributed by atoms with Gasteiger partial charge >= 0.3 is 5.97 Å². The normalized spacial score (nSPS) is 9.88. The first kappa shape index (κ1) is 11.2. The molecule has 0 saturated carbocycles.